The van der Waals surface area contributed by atoms with Crippen LogP contribution in [-0.4, -0.2) is 26.6 Å². The molecule has 27 heavy (non-hydrogen) atoms. The van der Waals surface area contributed by atoms with E-state index in [1.54, 1.807) is 31.2 Å². The molecule has 2 amide bonds. The average Bonchev–Trinajstić information content (AvgIpc) is 3.19. The molecule has 0 aliphatic heterocycles. The smallest absolute Gasteiger partial charge is 0.258 e. The third kappa shape index (κ3) is 4.56. The van der Waals surface area contributed by atoms with Crippen molar-refractivity contribution in [1.82, 2.24) is 14.8 Å². The number of nitrogens with zero attached hydrogens (tertiary/aromatic N) is 3. The second-order valence-electron chi connectivity index (χ2n) is 5.70. The Bertz CT molecular complexity index is 960. The van der Waals surface area contributed by atoms with Gasteiger partial charge in [-0.25, -0.2) is 14.1 Å². The molecule has 0 saturated heterocycles. The van der Waals surface area contributed by atoms with Crippen LogP contribution >= 0.6 is 15.9 Å². The lowest BCUT2D eigenvalue weighted by atomic mass is 10.2. The summed E-state index contributed by atoms with van der Waals surface area (Å²) in [4.78, 5) is 28.2. The summed E-state index contributed by atoms with van der Waals surface area (Å²) < 4.78 is 15.8. The van der Waals surface area contributed by atoms with Crippen molar-refractivity contribution in [2.45, 2.75) is 13.0 Å². The lowest BCUT2D eigenvalue weighted by molar-refractivity contribution is -0.119. The van der Waals surface area contributed by atoms with Gasteiger partial charge in [0.05, 0.1) is 5.56 Å². The van der Waals surface area contributed by atoms with Crippen LogP contribution in [0.4, 0.5) is 15.8 Å². The number of amides is 2. The van der Waals surface area contributed by atoms with Gasteiger partial charge < -0.3 is 10.6 Å². The van der Waals surface area contributed by atoms with Gasteiger partial charge >= 0.3 is 0 Å². The van der Waals surface area contributed by atoms with Crippen molar-refractivity contribution in [3.8, 4) is 0 Å². The van der Waals surface area contributed by atoms with E-state index in [2.05, 4.69) is 36.6 Å². The van der Waals surface area contributed by atoms with Gasteiger partial charge in [0.1, 0.15) is 24.5 Å². The Kier molecular flexibility index (Phi) is 5.60. The summed E-state index contributed by atoms with van der Waals surface area (Å²) in [7, 11) is 0. The minimum atomic E-state index is -0.610. The van der Waals surface area contributed by atoms with Crippen molar-refractivity contribution in [2.75, 3.05) is 10.6 Å². The van der Waals surface area contributed by atoms with Gasteiger partial charge in [-0.3, -0.25) is 9.59 Å². The van der Waals surface area contributed by atoms with Gasteiger partial charge in [-0.15, -0.1) is 0 Å². The molecule has 0 saturated carbocycles. The number of hydrogen-bond acceptors (Lipinski definition) is 4. The first-order chi connectivity index (χ1) is 12.9. The molecule has 3 rings (SSSR count). The Labute approximate surface area is 162 Å². The third-order valence-corrected chi connectivity index (χ3v) is 4.29. The van der Waals surface area contributed by atoms with E-state index in [0.29, 0.717) is 15.8 Å². The first-order valence-corrected chi connectivity index (χ1v) is 8.75. The lowest BCUT2D eigenvalue weighted by Crippen LogP contribution is -2.24. The molecule has 1 unspecified atom stereocenters. The molecule has 0 spiro atoms. The number of hydrogen-bond donors (Lipinski definition) is 2. The second-order valence-corrected chi connectivity index (χ2v) is 6.61. The molecular formula is C18H15BrFN5O2. The molecule has 2 aromatic carbocycles. The maximum absolute atomic E-state index is 13.8. The summed E-state index contributed by atoms with van der Waals surface area (Å²) in [6.45, 7) is 1.70. The molecule has 2 N–H and O–H groups in total. The molecule has 0 bridgehead atoms. The number of halogens is 2. The van der Waals surface area contributed by atoms with Crippen molar-refractivity contribution < 1.29 is 14.0 Å². The van der Waals surface area contributed by atoms with Crippen LogP contribution in [0.2, 0.25) is 0 Å². The lowest BCUT2D eigenvalue weighted by Gasteiger charge is -2.12. The van der Waals surface area contributed by atoms with Crippen molar-refractivity contribution in [3.63, 3.8) is 0 Å². The van der Waals surface area contributed by atoms with E-state index >= 15 is 0 Å². The molecule has 1 heterocycles. The molecule has 1 atom stereocenters. The molecule has 0 aliphatic rings. The monoisotopic (exact) mass is 431 g/mol. The highest BCUT2D eigenvalue weighted by Gasteiger charge is 2.16. The van der Waals surface area contributed by atoms with Crippen LogP contribution in [0.5, 0.6) is 0 Å². The summed E-state index contributed by atoms with van der Waals surface area (Å²) in [6.07, 6.45) is 2.82. The number of anilines is 2. The topological polar surface area (TPSA) is 88.9 Å². The van der Waals surface area contributed by atoms with E-state index < -0.39 is 17.8 Å². The van der Waals surface area contributed by atoms with Crippen LogP contribution in [0.1, 0.15) is 23.3 Å². The van der Waals surface area contributed by atoms with Gasteiger partial charge in [-0.2, -0.15) is 5.10 Å². The zero-order chi connectivity index (χ0) is 19.4. The van der Waals surface area contributed by atoms with Crippen LogP contribution in [0, 0.1) is 5.82 Å². The Morgan fingerprint density at radius 3 is 2.41 bits per heavy atom. The van der Waals surface area contributed by atoms with Crippen LogP contribution in [0.3, 0.4) is 0 Å². The quantitative estimate of drug-likeness (QED) is 0.645. The van der Waals surface area contributed by atoms with Gasteiger partial charge in [0.15, 0.2) is 0 Å². The predicted molar refractivity (Wildman–Crippen MR) is 102 cm³/mol. The second kappa shape index (κ2) is 8.09. The fourth-order valence-electron chi connectivity index (χ4n) is 2.29. The zero-order valence-electron chi connectivity index (χ0n) is 14.2. The summed E-state index contributed by atoms with van der Waals surface area (Å²) >= 11 is 3.21. The molecule has 0 fully saturated rings. The Morgan fingerprint density at radius 1 is 1.11 bits per heavy atom. The van der Waals surface area contributed by atoms with Crippen molar-refractivity contribution >= 4 is 39.1 Å². The maximum Gasteiger partial charge on any atom is 0.258 e. The van der Waals surface area contributed by atoms with E-state index in [1.165, 1.54) is 35.5 Å². The molecular weight excluding hydrogens is 417 g/mol. The highest BCUT2D eigenvalue weighted by Crippen LogP contribution is 2.19. The molecule has 3 aromatic rings. The highest BCUT2D eigenvalue weighted by molar-refractivity contribution is 9.10. The highest BCUT2D eigenvalue weighted by atomic mass is 79.9. The summed E-state index contributed by atoms with van der Waals surface area (Å²) in [5.74, 6) is -1.43. The van der Waals surface area contributed by atoms with E-state index in [9.17, 15) is 14.0 Å². The Morgan fingerprint density at radius 2 is 1.78 bits per heavy atom. The predicted octanol–water partition coefficient (Wildman–Crippen LogP) is 3.63. The standard InChI is InChI=1S/C18H15BrFN5O2/c1-11(25-10-21-9-22-25)17(26)23-13-3-5-14(6-4-13)24-18(27)15-8-12(19)2-7-16(15)20/h2-11H,1H3,(H,23,26)(H,24,27). The fourth-order valence-corrected chi connectivity index (χ4v) is 2.65. The molecule has 9 heteroatoms. The zero-order valence-corrected chi connectivity index (χ0v) is 15.8. The number of carbonyl (C=O) groups excluding carboxylic acids is 2. The Hall–Kier alpha value is -3.07. The first kappa shape index (κ1) is 18.7. The van der Waals surface area contributed by atoms with E-state index in [1.807, 2.05) is 0 Å². The summed E-state index contributed by atoms with van der Waals surface area (Å²) in [5, 5.41) is 9.30. The number of rotatable bonds is 5. The summed E-state index contributed by atoms with van der Waals surface area (Å²) in [5.41, 5.74) is 0.962. The van der Waals surface area contributed by atoms with Crippen molar-refractivity contribution in [3.05, 3.63) is 71.0 Å². The fraction of sp³-hybridized carbons (Fsp3) is 0.111. The van der Waals surface area contributed by atoms with Crippen LogP contribution < -0.4 is 10.6 Å². The minimum Gasteiger partial charge on any atom is -0.324 e. The van der Waals surface area contributed by atoms with Gasteiger partial charge in [-0.05, 0) is 49.4 Å². The third-order valence-electron chi connectivity index (χ3n) is 3.80. The SMILES string of the molecule is CC(C(=O)Nc1ccc(NC(=O)c2cc(Br)ccc2F)cc1)n1cncn1. The molecule has 0 radical (unpaired) electrons. The van der Waals surface area contributed by atoms with Gasteiger partial charge in [-0.1, -0.05) is 15.9 Å². The minimum absolute atomic E-state index is 0.0663. The van der Waals surface area contributed by atoms with E-state index in [-0.39, 0.29) is 11.5 Å². The van der Waals surface area contributed by atoms with E-state index in [4.69, 9.17) is 0 Å². The van der Waals surface area contributed by atoms with Crippen molar-refractivity contribution in [2.24, 2.45) is 0 Å². The number of nitrogens with one attached hydrogen (secondary N) is 2. The molecule has 1 aromatic heterocycles. The first-order valence-electron chi connectivity index (χ1n) is 7.95. The average molecular weight is 432 g/mol. The Balaban J connectivity index is 1.64. The number of benzene rings is 2. The number of aromatic nitrogens is 3. The number of carbonyl (C=O) groups is 2. The van der Waals surface area contributed by atoms with Gasteiger partial charge in [0.2, 0.25) is 5.91 Å². The van der Waals surface area contributed by atoms with Gasteiger partial charge in [0.25, 0.3) is 5.91 Å². The summed E-state index contributed by atoms with van der Waals surface area (Å²) in [6, 6.07) is 10.1. The molecule has 138 valence electrons. The normalized spacial score (nSPS) is 11.7. The van der Waals surface area contributed by atoms with Crippen LogP contribution in [0.25, 0.3) is 0 Å². The molecule has 0 aliphatic carbocycles. The van der Waals surface area contributed by atoms with Crippen LogP contribution in [-0.2, 0) is 4.79 Å². The van der Waals surface area contributed by atoms with Crippen molar-refractivity contribution in [1.29, 1.82) is 0 Å². The molecule has 7 nitrogen and oxygen atoms in total. The van der Waals surface area contributed by atoms with E-state index in [0.717, 1.165) is 0 Å². The largest absolute Gasteiger partial charge is 0.324 e. The van der Waals surface area contributed by atoms with Crippen LogP contribution in [0.15, 0.2) is 59.6 Å². The maximum atomic E-state index is 13.8. The van der Waals surface area contributed by atoms with Gasteiger partial charge in [0, 0.05) is 15.8 Å².